The van der Waals surface area contributed by atoms with Gasteiger partial charge in [0.2, 0.25) is 0 Å². The maximum Gasteiger partial charge on any atom is 0.408 e. The van der Waals surface area contributed by atoms with Crippen molar-refractivity contribution in [2.75, 3.05) is 6.61 Å². The van der Waals surface area contributed by atoms with Gasteiger partial charge in [-0.2, -0.15) is 0 Å². The number of Topliss-reactive ketones (excluding diaryl/α,β-unsaturated/α-hetero) is 1. The SMILES string of the molecule is CCCCOc1cccc(/C=C(\C)C(=O)c2c(O)cc(C(C)CCC=CNC(=O)O)oc2=O)c1. The lowest BCUT2D eigenvalue weighted by Gasteiger charge is -2.11. The van der Waals surface area contributed by atoms with Crippen LogP contribution in [0.1, 0.15) is 74.1 Å². The van der Waals surface area contributed by atoms with Gasteiger partial charge in [0.1, 0.15) is 22.8 Å². The Bertz CT molecular complexity index is 1110. The number of amides is 1. The summed E-state index contributed by atoms with van der Waals surface area (Å²) in [6.45, 7) is 6.06. The van der Waals surface area contributed by atoms with Crippen LogP contribution < -0.4 is 15.7 Å². The van der Waals surface area contributed by atoms with Crippen molar-refractivity contribution in [3.05, 3.63) is 75.5 Å². The Balaban J connectivity index is 2.14. The van der Waals surface area contributed by atoms with E-state index in [-0.39, 0.29) is 17.3 Å². The van der Waals surface area contributed by atoms with Crippen LogP contribution in [-0.2, 0) is 0 Å². The van der Waals surface area contributed by atoms with Gasteiger partial charge in [-0.05, 0) is 55.5 Å². The van der Waals surface area contributed by atoms with Gasteiger partial charge in [-0.15, -0.1) is 0 Å². The average molecular weight is 470 g/mol. The Kier molecular flexibility index (Phi) is 10.1. The van der Waals surface area contributed by atoms with E-state index in [0.717, 1.165) is 18.4 Å². The lowest BCUT2D eigenvalue weighted by Crippen LogP contribution is -2.16. The van der Waals surface area contributed by atoms with Crippen LogP contribution in [0.4, 0.5) is 4.79 Å². The van der Waals surface area contributed by atoms with Crippen LogP contribution in [0.25, 0.3) is 6.08 Å². The second-order valence-corrected chi connectivity index (χ2v) is 7.96. The molecule has 0 aliphatic carbocycles. The number of carboxylic acid groups (broad SMARTS) is 1. The maximum absolute atomic E-state index is 12.9. The van der Waals surface area contributed by atoms with E-state index in [4.69, 9.17) is 14.3 Å². The van der Waals surface area contributed by atoms with E-state index in [1.54, 1.807) is 32.1 Å². The number of benzene rings is 1. The first-order valence-corrected chi connectivity index (χ1v) is 11.2. The second kappa shape index (κ2) is 13.0. The van der Waals surface area contributed by atoms with Gasteiger partial charge in [-0.25, -0.2) is 9.59 Å². The minimum absolute atomic E-state index is 0.232. The predicted molar refractivity (Wildman–Crippen MR) is 129 cm³/mol. The number of aromatic hydroxyl groups is 1. The van der Waals surface area contributed by atoms with Crippen LogP contribution in [0.5, 0.6) is 11.5 Å². The molecule has 0 saturated heterocycles. The highest BCUT2D eigenvalue weighted by Gasteiger charge is 2.22. The molecule has 34 heavy (non-hydrogen) atoms. The highest BCUT2D eigenvalue weighted by Crippen LogP contribution is 2.26. The van der Waals surface area contributed by atoms with Crippen molar-refractivity contribution in [2.24, 2.45) is 0 Å². The predicted octanol–water partition coefficient (Wildman–Crippen LogP) is 5.48. The molecule has 1 unspecified atom stereocenters. The summed E-state index contributed by atoms with van der Waals surface area (Å²) < 4.78 is 11.0. The molecule has 1 aromatic heterocycles. The van der Waals surface area contributed by atoms with Crippen molar-refractivity contribution >= 4 is 18.0 Å². The van der Waals surface area contributed by atoms with Crippen LogP contribution in [0.15, 0.2) is 57.4 Å². The molecule has 0 aliphatic rings. The van der Waals surface area contributed by atoms with Crippen molar-refractivity contribution in [3.63, 3.8) is 0 Å². The number of ether oxygens (including phenoxy) is 1. The van der Waals surface area contributed by atoms with Crippen molar-refractivity contribution in [2.45, 2.75) is 52.4 Å². The number of unbranched alkanes of at least 4 members (excludes halogenated alkanes) is 1. The van der Waals surface area contributed by atoms with Crippen LogP contribution in [0.3, 0.4) is 0 Å². The standard InChI is InChI=1S/C26H31NO7/c1-4-5-13-33-20-11-8-10-19(15-20)14-18(3)24(29)23-21(28)16-22(34-25(23)30)17(2)9-6-7-12-27-26(31)32/h7-8,10-12,14-17,27-28H,4-6,9,13H2,1-3H3,(H,31,32)/b12-7?,18-14+. The Morgan fingerprint density at radius 1 is 1.26 bits per heavy atom. The van der Waals surface area contributed by atoms with E-state index in [1.807, 2.05) is 18.2 Å². The summed E-state index contributed by atoms with van der Waals surface area (Å²) in [5.41, 5.74) is -0.311. The second-order valence-electron chi connectivity index (χ2n) is 7.96. The van der Waals surface area contributed by atoms with E-state index >= 15 is 0 Å². The molecule has 0 spiro atoms. The third-order valence-corrected chi connectivity index (χ3v) is 5.12. The average Bonchev–Trinajstić information content (AvgIpc) is 2.78. The zero-order chi connectivity index (χ0) is 25.1. The Labute approximate surface area is 198 Å². The molecule has 3 N–H and O–H groups in total. The highest BCUT2D eigenvalue weighted by atomic mass is 16.5. The molecule has 0 radical (unpaired) electrons. The topological polar surface area (TPSA) is 126 Å². The molecular weight excluding hydrogens is 438 g/mol. The van der Waals surface area contributed by atoms with Crippen LogP contribution >= 0.6 is 0 Å². The first kappa shape index (κ1) is 26.4. The van der Waals surface area contributed by atoms with Gasteiger partial charge in [-0.1, -0.05) is 38.5 Å². The zero-order valence-corrected chi connectivity index (χ0v) is 19.7. The van der Waals surface area contributed by atoms with Crippen LogP contribution in [-0.4, -0.2) is 28.7 Å². The molecule has 0 saturated carbocycles. The molecule has 1 atom stereocenters. The normalized spacial score (nSPS) is 12.5. The molecule has 0 fully saturated rings. The van der Waals surface area contributed by atoms with Crippen molar-refractivity contribution in [1.82, 2.24) is 5.32 Å². The van der Waals surface area contributed by atoms with E-state index in [9.17, 15) is 19.5 Å². The summed E-state index contributed by atoms with van der Waals surface area (Å²) in [6.07, 6.45) is 6.46. The number of allylic oxidation sites excluding steroid dienone is 2. The lowest BCUT2D eigenvalue weighted by molar-refractivity contribution is 0.102. The summed E-state index contributed by atoms with van der Waals surface area (Å²) in [5, 5.41) is 21.1. The number of hydrogen-bond donors (Lipinski definition) is 3. The number of hydrogen-bond acceptors (Lipinski definition) is 6. The zero-order valence-electron chi connectivity index (χ0n) is 19.7. The third-order valence-electron chi connectivity index (χ3n) is 5.12. The van der Waals surface area contributed by atoms with Gasteiger partial charge in [0, 0.05) is 18.2 Å². The molecular formula is C26H31NO7. The van der Waals surface area contributed by atoms with Crippen molar-refractivity contribution in [1.29, 1.82) is 0 Å². The Morgan fingerprint density at radius 2 is 2.03 bits per heavy atom. The van der Waals surface area contributed by atoms with Gasteiger partial charge in [0.05, 0.1) is 6.61 Å². The number of rotatable bonds is 12. The molecule has 2 rings (SSSR count). The first-order chi connectivity index (χ1) is 16.2. The molecule has 0 aliphatic heterocycles. The quantitative estimate of drug-likeness (QED) is 0.214. The molecule has 2 aromatic rings. The summed E-state index contributed by atoms with van der Waals surface area (Å²) in [7, 11) is 0. The van der Waals surface area contributed by atoms with Gasteiger partial charge >= 0.3 is 11.7 Å². The Morgan fingerprint density at radius 3 is 2.71 bits per heavy atom. The van der Waals surface area contributed by atoms with E-state index < -0.39 is 28.8 Å². The van der Waals surface area contributed by atoms with Crippen LogP contribution in [0, 0.1) is 0 Å². The Hall–Kier alpha value is -3.81. The molecule has 0 bridgehead atoms. The molecule has 1 heterocycles. The highest BCUT2D eigenvalue weighted by molar-refractivity contribution is 6.12. The lowest BCUT2D eigenvalue weighted by atomic mass is 9.99. The van der Waals surface area contributed by atoms with E-state index in [2.05, 4.69) is 12.2 Å². The minimum atomic E-state index is -1.15. The van der Waals surface area contributed by atoms with Crippen molar-refractivity contribution < 1.29 is 29.0 Å². The van der Waals surface area contributed by atoms with E-state index in [0.29, 0.717) is 25.2 Å². The fourth-order valence-corrected chi connectivity index (χ4v) is 3.19. The number of carbonyl (C=O) groups excluding carboxylic acids is 1. The van der Waals surface area contributed by atoms with Gasteiger partial charge in [0.15, 0.2) is 5.78 Å². The maximum atomic E-state index is 12.9. The van der Waals surface area contributed by atoms with Gasteiger partial charge in [0.25, 0.3) is 0 Å². The van der Waals surface area contributed by atoms with E-state index in [1.165, 1.54) is 12.3 Å². The molecule has 8 nitrogen and oxygen atoms in total. The molecule has 1 aromatic carbocycles. The summed E-state index contributed by atoms with van der Waals surface area (Å²) in [6, 6.07) is 8.56. The summed E-state index contributed by atoms with van der Waals surface area (Å²) >= 11 is 0. The largest absolute Gasteiger partial charge is 0.507 e. The molecule has 182 valence electrons. The van der Waals surface area contributed by atoms with Gasteiger partial charge < -0.3 is 19.4 Å². The third kappa shape index (κ3) is 7.95. The molecule has 8 heteroatoms. The number of nitrogens with one attached hydrogen (secondary N) is 1. The monoisotopic (exact) mass is 469 g/mol. The summed E-state index contributed by atoms with van der Waals surface area (Å²) in [4.78, 5) is 35.8. The van der Waals surface area contributed by atoms with Gasteiger partial charge in [-0.3, -0.25) is 10.1 Å². The van der Waals surface area contributed by atoms with Crippen LogP contribution in [0.2, 0.25) is 0 Å². The minimum Gasteiger partial charge on any atom is -0.507 e. The fraction of sp³-hybridized carbons (Fsp3) is 0.346. The van der Waals surface area contributed by atoms with Crippen molar-refractivity contribution in [3.8, 4) is 11.5 Å². The number of carbonyl (C=O) groups is 2. The first-order valence-electron chi connectivity index (χ1n) is 11.2. The molecule has 1 amide bonds. The smallest absolute Gasteiger partial charge is 0.408 e. The fourth-order valence-electron chi connectivity index (χ4n) is 3.19. The number of ketones is 1. The summed E-state index contributed by atoms with van der Waals surface area (Å²) in [5.74, 6) is -0.348.